The van der Waals surface area contributed by atoms with Crippen LogP contribution in [-0.4, -0.2) is 47.2 Å². The normalized spacial score (nSPS) is 20.6. The Labute approximate surface area is 104 Å². The highest BCUT2D eigenvalue weighted by atomic mass is 15.1. The van der Waals surface area contributed by atoms with Gasteiger partial charge in [0.15, 0.2) is 0 Å². The van der Waals surface area contributed by atoms with Gasteiger partial charge >= 0.3 is 0 Å². The Kier molecular flexibility index (Phi) is 4.57. The zero-order valence-corrected chi connectivity index (χ0v) is 11.0. The second-order valence-electron chi connectivity index (χ2n) is 5.32. The smallest absolute Gasteiger partial charge is 0.0946 e. The van der Waals surface area contributed by atoms with Crippen molar-refractivity contribution in [2.24, 2.45) is 5.92 Å². The molecule has 1 fully saturated rings. The van der Waals surface area contributed by atoms with Crippen LogP contribution in [0.15, 0.2) is 18.7 Å². The highest BCUT2D eigenvalue weighted by molar-refractivity contribution is 4.78. The van der Waals surface area contributed by atoms with Crippen LogP contribution < -0.4 is 5.32 Å². The number of hydrogen-bond acceptors (Lipinski definition) is 3. The van der Waals surface area contributed by atoms with Gasteiger partial charge in [-0.25, -0.2) is 4.98 Å². The molecule has 0 amide bonds. The third-order valence-electron chi connectivity index (χ3n) is 3.64. The summed E-state index contributed by atoms with van der Waals surface area (Å²) < 4.78 is 2.13. The topological polar surface area (TPSA) is 33.1 Å². The third kappa shape index (κ3) is 4.13. The Morgan fingerprint density at radius 2 is 2.18 bits per heavy atom. The van der Waals surface area contributed by atoms with E-state index in [0.29, 0.717) is 6.04 Å². The van der Waals surface area contributed by atoms with Crippen molar-refractivity contribution in [1.82, 2.24) is 19.8 Å². The molecule has 0 radical (unpaired) electrons. The zero-order chi connectivity index (χ0) is 12.1. The molecule has 1 aromatic rings. The van der Waals surface area contributed by atoms with E-state index in [1.165, 1.54) is 25.9 Å². The molecular formula is C13H24N4. The van der Waals surface area contributed by atoms with Crippen LogP contribution in [0.4, 0.5) is 0 Å². The second kappa shape index (κ2) is 6.17. The Hall–Kier alpha value is -0.870. The zero-order valence-electron chi connectivity index (χ0n) is 11.0. The van der Waals surface area contributed by atoms with Gasteiger partial charge in [-0.2, -0.15) is 0 Å². The Morgan fingerprint density at radius 3 is 2.82 bits per heavy atom. The van der Waals surface area contributed by atoms with Gasteiger partial charge in [-0.3, -0.25) is 0 Å². The molecule has 1 saturated heterocycles. The van der Waals surface area contributed by atoms with Gasteiger partial charge in [0.2, 0.25) is 0 Å². The molecule has 17 heavy (non-hydrogen) atoms. The predicted molar refractivity (Wildman–Crippen MR) is 69.9 cm³/mol. The van der Waals surface area contributed by atoms with Crippen LogP contribution in [0.1, 0.15) is 19.8 Å². The largest absolute Gasteiger partial charge is 0.336 e. The SMILES string of the molecule is CC(Cn1ccnc1)NCC1CCN(C)CC1. The summed E-state index contributed by atoms with van der Waals surface area (Å²) in [5, 5.41) is 3.64. The third-order valence-corrected chi connectivity index (χ3v) is 3.64. The van der Waals surface area contributed by atoms with Gasteiger partial charge in [0.1, 0.15) is 0 Å². The van der Waals surface area contributed by atoms with Crippen LogP contribution in [0.2, 0.25) is 0 Å². The van der Waals surface area contributed by atoms with Gasteiger partial charge < -0.3 is 14.8 Å². The van der Waals surface area contributed by atoms with Crippen LogP contribution >= 0.6 is 0 Å². The fourth-order valence-electron chi connectivity index (χ4n) is 2.41. The molecule has 0 bridgehead atoms. The molecule has 1 N–H and O–H groups in total. The minimum atomic E-state index is 0.517. The molecule has 2 heterocycles. The van der Waals surface area contributed by atoms with E-state index in [-0.39, 0.29) is 0 Å². The minimum absolute atomic E-state index is 0.517. The summed E-state index contributed by atoms with van der Waals surface area (Å²) in [4.78, 5) is 6.49. The van der Waals surface area contributed by atoms with Crippen molar-refractivity contribution in [2.75, 3.05) is 26.7 Å². The average Bonchev–Trinajstić information content (AvgIpc) is 2.81. The van der Waals surface area contributed by atoms with Gasteiger partial charge in [0.05, 0.1) is 6.33 Å². The summed E-state index contributed by atoms with van der Waals surface area (Å²) in [6.45, 7) is 6.91. The summed E-state index contributed by atoms with van der Waals surface area (Å²) in [6, 6.07) is 0.517. The summed E-state index contributed by atoms with van der Waals surface area (Å²) in [5.41, 5.74) is 0. The van der Waals surface area contributed by atoms with Crippen molar-refractivity contribution in [2.45, 2.75) is 32.4 Å². The highest BCUT2D eigenvalue weighted by Crippen LogP contribution is 2.14. The van der Waals surface area contributed by atoms with E-state index < -0.39 is 0 Å². The molecule has 1 aliphatic heterocycles. The predicted octanol–water partition coefficient (Wildman–Crippen LogP) is 1.20. The summed E-state index contributed by atoms with van der Waals surface area (Å²) in [7, 11) is 2.21. The van der Waals surface area contributed by atoms with Crippen molar-refractivity contribution < 1.29 is 0 Å². The summed E-state index contributed by atoms with van der Waals surface area (Å²) in [6.07, 6.45) is 8.41. The molecule has 4 nitrogen and oxygen atoms in total. The lowest BCUT2D eigenvalue weighted by molar-refractivity contribution is 0.212. The molecule has 1 aliphatic rings. The number of nitrogens with one attached hydrogen (secondary N) is 1. The number of rotatable bonds is 5. The molecule has 1 atom stereocenters. The number of piperidine rings is 1. The van der Waals surface area contributed by atoms with E-state index in [9.17, 15) is 0 Å². The maximum Gasteiger partial charge on any atom is 0.0946 e. The summed E-state index contributed by atoms with van der Waals surface area (Å²) >= 11 is 0. The standard InChI is InChI=1S/C13H24N4/c1-12(10-17-8-5-14-11-17)15-9-13-3-6-16(2)7-4-13/h5,8,11-13,15H,3-4,6-7,9-10H2,1-2H3. The van der Waals surface area contributed by atoms with Crippen molar-refractivity contribution in [3.63, 3.8) is 0 Å². The van der Waals surface area contributed by atoms with Crippen molar-refractivity contribution in [1.29, 1.82) is 0 Å². The maximum atomic E-state index is 4.06. The highest BCUT2D eigenvalue weighted by Gasteiger charge is 2.16. The quantitative estimate of drug-likeness (QED) is 0.834. The minimum Gasteiger partial charge on any atom is -0.336 e. The first-order chi connectivity index (χ1) is 8.24. The van der Waals surface area contributed by atoms with Gasteiger partial charge in [0, 0.05) is 25.0 Å². The number of aromatic nitrogens is 2. The first kappa shape index (κ1) is 12.6. The van der Waals surface area contributed by atoms with Gasteiger partial charge in [-0.05, 0) is 52.4 Å². The van der Waals surface area contributed by atoms with Crippen LogP contribution in [-0.2, 0) is 6.54 Å². The first-order valence-corrected chi connectivity index (χ1v) is 6.61. The molecule has 0 aliphatic carbocycles. The average molecular weight is 236 g/mol. The Morgan fingerprint density at radius 1 is 1.41 bits per heavy atom. The fraction of sp³-hybridized carbons (Fsp3) is 0.769. The molecule has 4 heteroatoms. The van der Waals surface area contributed by atoms with Crippen molar-refractivity contribution in [3.05, 3.63) is 18.7 Å². The number of imidazole rings is 1. The lowest BCUT2D eigenvalue weighted by atomic mass is 9.97. The monoisotopic (exact) mass is 236 g/mol. The molecular weight excluding hydrogens is 212 g/mol. The number of likely N-dealkylation sites (tertiary alicyclic amines) is 1. The van der Waals surface area contributed by atoms with Gasteiger partial charge in [-0.15, -0.1) is 0 Å². The molecule has 2 rings (SSSR count). The first-order valence-electron chi connectivity index (χ1n) is 6.61. The lowest BCUT2D eigenvalue weighted by Gasteiger charge is -2.30. The van der Waals surface area contributed by atoms with Crippen molar-refractivity contribution >= 4 is 0 Å². The van der Waals surface area contributed by atoms with Crippen LogP contribution in [0.5, 0.6) is 0 Å². The molecule has 0 aromatic carbocycles. The maximum absolute atomic E-state index is 4.06. The van der Waals surface area contributed by atoms with E-state index in [1.54, 1.807) is 0 Å². The van der Waals surface area contributed by atoms with Crippen molar-refractivity contribution in [3.8, 4) is 0 Å². The summed E-state index contributed by atoms with van der Waals surface area (Å²) in [5.74, 6) is 0.858. The van der Waals surface area contributed by atoms with E-state index in [4.69, 9.17) is 0 Å². The van der Waals surface area contributed by atoms with E-state index >= 15 is 0 Å². The van der Waals surface area contributed by atoms with Crippen LogP contribution in [0.25, 0.3) is 0 Å². The molecule has 0 spiro atoms. The number of hydrogen-bond donors (Lipinski definition) is 1. The van der Waals surface area contributed by atoms with Gasteiger partial charge in [0.25, 0.3) is 0 Å². The molecule has 1 aromatic heterocycles. The Balaban J connectivity index is 1.64. The van der Waals surface area contributed by atoms with Crippen LogP contribution in [0.3, 0.4) is 0 Å². The lowest BCUT2D eigenvalue weighted by Crippen LogP contribution is -2.38. The second-order valence-corrected chi connectivity index (χ2v) is 5.32. The molecule has 1 unspecified atom stereocenters. The molecule has 96 valence electrons. The van der Waals surface area contributed by atoms with E-state index in [1.807, 2.05) is 18.7 Å². The van der Waals surface area contributed by atoms with E-state index in [2.05, 4.69) is 33.7 Å². The van der Waals surface area contributed by atoms with Crippen LogP contribution in [0, 0.1) is 5.92 Å². The molecule has 0 saturated carbocycles. The number of nitrogens with zero attached hydrogens (tertiary/aromatic N) is 3. The van der Waals surface area contributed by atoms with Gasteiger partial charge in [-0.1, -0.05) is 0 Å². The Bertz CT molecular complexity index is 301. The van der Waals surface area contributed by atoms with E-state index in [0.717, 1.165) is 19.0 Å². The fourth-order valence-corrected chi connectivity index (χ4v) is 2.41.